The Hall–Kier alpha value is -1.00. The highest BCUT2D eigenvalue weighted by Crippen LogP contribution is 2.13. The van der Waals surface area contributed by atoms with Crippen LogP contribution in [0.2, 0.25) is 0 Å². The molecule has 0 amide bonds. The zero-order chi connectivity index (χ0) is 13.0. The maximum atomic E-state index is 13.4. The van der Waals surface area contributed by atoms with E-state index in [1.807, 2.05) is 0 Å². The molecule has 0 saturated carbocycles. The van der Waals surface area contributed by atoms with Crippen LogP contribution in [0.25, 0.3) is 0 Å². The van der Waals surface area contributed by atoms with Crippen molar-refractivity contribution in [3.8, 4) is 0 Å². The first-order chi connectivity index (χ1) is 8.65. The standard InChI is InChI=1S/C14H20F2N2/c1-10(7-13-3-2-6-17-13)18-9-11-8-12(15)4-5-14(11)16/h4-5,8,10,13,17-18H,2-3,6-7,9H2,1H3. The molecule has 1 aliphatic rings. The van der Waals surface area contributed by atoms with Crippen LogP contribution >= 0.6 is 0 Å². The highest BCUT2D eigenvalue weighted by atomic mass is 19.1. The summed E-state index contributed by atoms with van der Waals surface area (Å²) in [5.74, 6) is -0.742. The predicted molar refractivity (Wildman–Crippen MR) is 68.3 cm³/mol. The summed E-state index contributed by atoms with van der Waals surface area (Å²) in [6.07, 6.45) is 3.47. The molecule has 2 N–H and O–H groups in total. The van der Waals surface area contributed by atoms with Crippen molar-refractivity contribution in [2.45, 2.75) is 44.8 Å². The van der Waals surface area contributed by atoms with Crippen LogP contribution in [0.3, 0.4) is 0 Å². The van der Waals surface area contributed by atoms with Crippen molar-refractivity contribution in [1.82, 2.24) is 10.6 Å². The molecule has 2 atom stereocenters. The quantitative estimate of drug-likeness (QED) is 0.844. The molecule has 0 aliphatic carbocycles. The molecule has 2 nitrogen and oxygen atoms in total. The summed E-state index contributed by atoms with van der Waals surface area (Å²) in [6, 6.07) is 4.43. The van der Waals surface area contributed by atoms with Gasteiger partial charge in [0.1, 0.15) is 11.6 Å². The first-order valence-corrected chi connectivity index (χ1v) is 6.56. The smallest absolute Gasteiger partial charge is 0.127 e. The molecule has 0 bridgehead atoms. The third-order valence-corrected chi connectivity index (χ3v) is 3.45. The maximum absolute atomic E-state index is 13.4. The summed E-state index contributed by atoms with van der Waals surface area (Å²) in [7, 11) is 0. The van der Waals surface area contributed by atoms with Crippen LogP contribution in [0.1, 0.15) is 31.7 Å². The SMILES string of the molecule is CC(CC1CCCN1)NCc1cc(F)ccc1F. The molecule has 1 aromatic carbocycles. The van der Waals surface area contributed by atoms with Crippen LogP contribution in [0.4, 0.5) is 8.78 Å². The Morgan fingerprint density at radius 2 is 2.28 bits per heavy atom. The molecule has 0 spiro atoms. The van der Waals surface area contributed by atoms with Gasteiger partial charge in [-0.3, -0.25) is 0 Å². The summed E-state index contributed by atoms with van der Waals surface area (Å²) in [5.41, 5.74) is 0.390. The first-order valence-electron chi connectivity index (χ1n) is 6.56. The molecular weight excluding hydrogens is 234 g/mol. The number of hydrogen-bond donors (Lipinski definition) is 2. The number of benzene rings is 1. The normalized spacial score (nSPS) is 21.2. The predicted octanol–water partition coefficient (Wildman–Crippen LogP) is 2.59. The van der Waals surface area contributed by atoms with Gasteiger partial charge in [0.05, 0.1) is 0 Å². The molecular formula is C14H20F2N2. The molecule has 18 heavy (non-hydrogen) atoms. The molecule has 1 aliphatic heterocycles. The van der Waals surface area contributed by atoms with E-state index in [1.54, 1.807) is 0 Å². The van der Waals surface area contributed by atoms with Crippen LogP contribution in [-0.4, -0.2) is 18.6 Å². The third kappa shape index (κ3) is 3.75. The van der Waals surface area contributed by atoms with Gasteiger partial charge in [0.15, 0.2) is 0 Å². The molecule has 1 fully saturated rings. The highest BCUT2D eigenvalue weighted by Gasteiger charge is 2.16. The van der Waals surface area contributed by atoms with Gasteiger partial charge >= 0.3 is 0 Å². The Morgan fingerprint density at radius 3 is 3.00 bits per heavy atom. The first kappa shape index (κ1) is 13.4. The number of rotatable bonds is 5. The van der Waals surface area contributed by atoms with Gasteiger partial charge in [-0.25, -0.2) is 8.78 Å². The van der Waals surface area contributed by atoms with E-state index in [9.17, 15) is 8.78 Å². The van der Waals surface area contributed by atoms with Crippen molar-refractivity contribution in [2.75, 3.05) is 6.54 Å². The fraction of sp³-hybridized carbons (Fsp3) is 0.571. The molecule has 100 valence electrons. The Bertz CT molecular complexity index is 389. The van der Waals surface area contributed by atoms with E-state index in [0.29, 0.717) is 24.2 Å². The summed E-state index contributed by atoms with van der Waals surface area (Å²) >= 11 is 0. The van der Waals surface area contributed by atoms with Gasteiger partial charge < -0.3 is 10.6 Å². The number of hydrogen-bond acceptors (Lipinski definition) is 2. The van der Waals surface area contributed by atoms with E-state index in [-0.39, 0.29) is 5.82 Å². The van der Waals surface area contributed by atoms with Gasteiger partial charge in [-0.1, -0.05) is 0 Å². The van der Waals surface area contributed by atoms with Gasteiger partial charge in [-0.2, -0.15) is 0 Å². The monoisotopic (exact) mass is 254 g/mol. The average molecular weight is 254 g/mol. The van der Waals surface area contributed by atoms with Crippen LogP contribution in [0, 0.1) is 11.6 Å². The maximum Gasteiger partial charge on any atom is 0.127 e. The minimum Gasteiger partial charge on any atom is -0.314 e. The summed E-state index contributed by atoms with van der Waals surface area (Å²) in [6.45, 7) is 3.55. The highest BCUT2D eigenvalue weighted by molar-refractivity contribution is 5.18. The minimum atomic E-state index is -0.390. The number of nitrogens with one attached hydrogen (secondary N) is 2. The number of halogens is 2. The molecule has 4 heteroatoms. The van der Waals surface area contributed by atoms with Gasteiger partial charge in [0.25, 0.3) is 0 Å². The van der Waals surface area contributed by atoms with Crippen LogP contribution < -0.4 is 10.6 Å². The lowest BCUT2D eigenvalue weighted by Crippen LogP contribution is -2.33. The zero-order valence-electron chi connectivity index (χ0n) is 10.7. The fourth-order valence-corrected chi connectivity index (χ4v) is 2.43. The molecule has 0 aromatic heterocycles. The summed E-state index contributed by atoms with van der Waals surface area (Å²) < 4.78 is 26.4. The van der Waals surface area contributed by atoms with E-state index in [1.165, 1.54) is 25.0 Å². The van der Waals surface area contributed by atoms with Crippen LogP contribution in [-0.2, 0) is 6.54 Å². The minimum absolute atomic E-state index is 0.295. The van der Waals surface area contributed by atoms with Crippen molar-refractivity contribution in [3.05, 3.63) is 35.4 Å². The Labute approximate surface area is 107 Å². The molecule has 0 radical (unpaired) electrons. The van der Waals surface area contributed by atoms with Crippen molar-refractivity contribution in [1.29, 1.82) is 0 Å². The lowest BCUT2D eigenvalue weighted by molar-refractivity contribution is 0.435. The largest absolute Gasteiger partial charge is 0.314 e. The second-order valence-electron chi connectivity index (χ2n) is 5.05. The molecule has 2 rings (SSSR count). The molecule has 1 saturated heterocycles. The van der Waals surface area contributed by atoms with E-state index in [0.717, 1.165) is 19.0 Å². The molecule has 1 heterocycles. The topological polar surface area (TPSA) is 24.1 Å². The second kappa shape index (κ2) is 6.25. The summed E-state index contributed by atoms with van der Waals surface area (Å²) in [5, 5.41) is 6.68. The van der Waals surface area contributed by atoms with Gasteiger partial charge in [0.2, 0.25) is 0 Å². The van der Waals surface area contributed by atoms with Crippen molar-refractivity contribution in [2.24, 2.45) is 0 Å². The lowest BCUT2D eigenvalue weighted by atomic mass is 10.1. The van der Waals surface area contributed by atoms with E-state index >= 15 is 0 Å². The lowest BCUT2D eigenvalue weighted by Gasteiger charge is -2.18. The average Bonchev–Trinajstić information content (AvgIpc) is 2.83. The fourth-order valence-electron chi connectivity index (χ4n) is 2.43. The van der Waals surface area contributed by atoms with Crippen LogP contribution in [0.15, 0.2) is 18.2 Å². The van der Waals surface area contributed by atoms with E-state index in [2.05, 4.69) is 17.6 Å². The molecule has 2 unspecified atom stereocenters. The van der Waals surface area contributed by atoms with Crippen molar-refractivity contribution in [3.63, 3.8) is 0 Å². The van der Waals surface area contributed by atoms with Crippen molar-refractivity contribution >= 4 is 0 Å². The third-order valence-electron chi connectivity index (χ3n) is 3.45. The summed E-state index contributed by atoms with van der Waals surface area (Å²) in [4.78, 5) is 0. The van der Waals surface area contributed by atoms with E-state index < -0.39 is 5.82 Å². The van der Waals surface area contributed by atoms with Gasteiger partial charge in [-0.15, -0.1) is 0 Å². The Morgan fingerprint density at radius 1 is 1.44 bits per heavy atom. The zero-order valence-corrected chi connectivity index (χ0v) is 10.7. The van der Waals surface area contributed by atoms with E-state index in [4.69, 9.17) is 0 Å². The Kier molecular flexibility index (Phi) is 4.66. The van der Waals surface area contributed by atoms with Crippen LogP contribution in [0.5, 0.6) is 0 Å². The van der Waals surface area contributed by atoms with Crippen molar-refractivity contribution < 1.29 is 8.78 Å². The molecule has 1 aromatic rings. The van der Waals surface area contributed by atoms with Gasteiger partial charge in [0, 0.05) is 24.2 Å². The Balaban J connectivity index is 1.81. The second-order valence-corrected chi connectivity index (χ2v) is 5.05. The van der Waals surface area contributed by atoms with Gasteiger partial charge in [-0.05, 0) is 50.9 Å².